The van der Waals surface area contributed by atoms with E-state index >= 15 is 0 Å². The lowest BCUT2D eigenvalue weighted by Gasteiger charge is -2.31. The number of rotatable bonds is 2. The van der Waals surface area contributed by atoms with Crippen molar-refractivity contribution in [1.82, 2.24) is 0 Å². The minimum atomic E-state index is -0.392. The lowest BCUT2D eigenvalue weighted by molar-refractivity contribution is 0.0566. The third-order valence-corrected chi connectivity index (χ3v) is 5.51. The Bertz CT molecular complexity index is 795. The fourth-order valence-corrected chi connectivity index (χ4v) is 3.99. The normalized spacial score (nSPS) is 21.6. The van der Waals surface area contributed by atoms with Crippen molar-refractivity contribution in [2.75, 3.05) is 0 Å². The predicted octanol–water partition coefficient (Wildman–Crippen LogP) is 4.88. The first kappa shape index (κ1) is 16.8. The fraction of sp³-hybridized carbons (Fsp3) is 0.364. The molecule has 0 fully saturated rings. The summed E-state index contributed by atoms with van der Waals surface area (Å²) in [6.07, 6.45) is 1.72. The van der Waals surface area contributed by atoms with E-state index in [-0.39, 0.29) is 16.6 Å². The van der Waals surface area contributed by atoms with Gasteiger partial charge in [-0.25, -0.2) is 0 Å². The van der Waals surface area contributed by atoms with Crippen LogP contribution in [-0.4, -0.2) is 16.3 Å². The zero-order valence-corrected chi connectivity index (χ0v) is 15.1. The van der Waals surface area contributed by atoms with Crippen molar-refractivity contribution in [3.63, 3.8) is 0 Å². The van der Waals surface area contributed by atoms with Gasteiger partial charge in [0.2, 0.25) is 0 Å². The maximum Gasteiger partial charge on any atom is 0.115 e. The molecule has 3 rings (SSSR count). The van der Waals surface area contributed by atoms with Crippen molar-refractivity contribution in [2.24, 2.45) is 0 Å². The number of phenols is 1. The lowest BCUT2D eigenvalue weighted by Crippen LogP contribution is -2.39. The van der Waals surface area contributed by atoms with E-state index in [4.69, 9.17) is 0 Å². The van der Waals surface area contributed by atoms with E-state index in [9.17, 15) is 10.2 Å². The highest BCUT2D eigenvalue weighted by Crippen LogP contribution is 2.50. The number of aliphatic hydroxyl groups is 1. The standard InChI is InChI=1S/C22H26O2/c1-14(12-15-6-9-17(23)10-7-15)16-8-11-18-19(13-16)22(4,5)20(24)21(18,2)3/h6-13,20,23-24H,1-5H3. The predicted molar refractivity (Wildman–Crippen MR) is 100 cm³/mol. The second-order valence-corrected chi connectivity index (χ2v) is 8.03. The number of aliphatic hydroxyl groups excluding tert-OH is 1. The first-order valence-electron chi connectivity index (χ1n) is 8.45. The third-order valence-electron chi connectivity index (χ3n) is 5.51. The average molecular weight is 322 g/mol. The van der Waals surface area contributed by atoms with Crippen LogP contribution in [0.25, 0.3) is 11.6 Å². The van der Waals surface area contributed by atoms with E-state index < -0.39 is 6.10 Å². The van der Waals surface area contributed by atoms with Crippen molar-refractivity contribution in [3.8, 4) is 5.75 Å². The average Bonchev–Trinajstić information content (AvgIpc) is 2.67. The summed E-state index contributed by atoms with van der Waals surface area (Å²) >= 11 is 0. The Hall–Kier alpha value is -2.06. The van der Waals surface area contributed by atoms with Gasteiger partial charge in [-0.1, -0.05) is 64.1 Å². The Morgan fingerprint density at radius 3 is 2.12 bits per heavy atom. The molecule has 0 aliphatic heterocycles. The molecular weight excluding hydrogens is 296 g/mol. The number of phenolic OH excluding ortho intramolecular Hbond substituents is 1. The first-order valence-corrected chi connectivity index (χ1v) is 8.45. The number of benzene rings is 2. The smallest absolute Gasteiger partial charge is 0.115 e. The van der Waals surface area contributed by atoms with Gasteiger partial charge in [-0.15, -0.1) is 0 Å². The summed E-state index contributed by atoms with van der Waals surface area (Å²) < 4.78 is 0. The van der Waals surface area contributed by atoms with Crippen LogP contribution in [0.4, 0.5) is 0 Å². The van der Waals surface area contributed by atoms with Crippen LogP contribution in [0.5, 0.6) is 5.75 Å². The van der Waals surface area contributed by atoms with Gasteiger partial charge in [-0.05, 0) is 46.9 Å². The van der Waals surface area contributed by atoms with Crippen LogP contribution in [0, 0.1) is 0 Å². The van der Waals surface area contributed by atoms with Gasteiger partial charge in [-0.3, -0.25) is 0 Å². The Balaban J connectivity index is 2.03. The summed E-state index contributed by atoms with van der Waals surface area (Å²) in [7, 11) is 0. The van der Waals surface area contributed by atoms with Crippen LogP contribution in [-0.2, 0) is 10.8 Å². The number of fused-ring (bicyclic) bond motifs is 1. The molecule has 2 aromatic carbocycles. The maximum absolute atomic E-state index is 10.8. The van der Waals surface area contributed by atoms with E-state index in [2.05, 4.69) is 58.9 Å². The van der Waals surface area contributed by atoms with Gasteiger partial charge >= 0.3 is 0 Å². The minimum Gasteiger partial charge on any atom is -0.508 e. The van der Waals surface area contributed by atoms with Crippen molar-refractivity contribution in [3.05, 3.63) is 64.7 Å². The molecule has 1 aliphatic carbocycles. The maximum atomic E-state index is 10.8. The molecule has 0 saturated heterocycles. The van der Waals surface area contributed by atoms with Gasteiger partial charge in [0.05, 0.1) is 6.10 Å². The Morgan fingerprint density at radius 1 is 0.917 bits per heavy atom. The van der Waals surface area contributed by atoms with Gasteiger partial charge < -0.3 is 10.2 Å². The molecule has 2 aromatic rings. The molecule has 0 amide bonds. The molecule has 0 saturated carbocycles. The molecule has 126 valence electrons. The molecule has 2 nitrogen and oxygen atoms in total. The summed E-state index contributed by atoms with van der Waals surface area (Å²) in [4.78, 5) is 0. The summed E-state index contributed by atoms with van der Waals surface area (Å²) in [6, 6.07) is 13.7. The zero-order chi connectivity index (χ0) is 17.7. The van der Waals surface area contributed by atoms with Crippen LogP contribution in [0.1, 0.15) is 56.9 Å². The quantitative estimate of drug-likeness (QED) is 0.773. The largest absolute Gasteiger partial charge is 0.508 e. The number of allylic oxidation sites excluding steroid dienone is 1. The van der Waals surface area contributed by atoms with Gasteiger partial charge in [0.25, 0.3) is 0 Å². The van der Waals surface area contributed by atoms with E-state index in [1.807, 2.05) is 12.1 Å². The van der Waals surface area contributed by atoms with Crippen LogP contribution in [0.15, 0.2) is 42.5 Å². The molecule has 2 heteroatoms. The highest BCUT2D eigenvalue weighted by atomic mass is 16.3. The first-order chi connectivity index (χ1) is 11.1. The molecule has 0 radical (unpaired) electrons. The van der Waals surface area contributed by atoms with Gasteiger partial charge in [0.1, 0.15) is 5.75 Å². The molecule has 1 unspecified atom stereocenters. The molecule has 0 heterocycles. The second-order valence-electron chi connectivity index (χ2n) is 8.03. The molecule has 24 heavy (non-hydrogen) atoms. The summed E-state index contributed by atoms with van der Waals surface area (Å²) in [5.41, 5.74) is 5.38. The summed E-state index contributed by atoms with van der Waals surface area (Å²) in [5.74, 6) is 0.278. The van der Waals surface area contributed by atoms with E-state index in [0.29, 0.717) is 0 Å². The van der Waals surface area contributed by atoms with Gasteiger partial charge in [0, 0.05) is 10.8 Å². The molecule has 0 spiro atoms. The van der Waals surface area contributed by atoms with Crippen molar-refractivity contribution in [1.29, 1.82) is 0 Å². The Kier molecular flexibility index (Phi) is 3.84. The topological polar surface area (TPSA) is 40.5 Å². The number of hydrogen-bond donors (Lipinski definition) is 2. The molecule has 0 bridgehead atoms. The van der Waals surface area contributed by atoms with E-state index in [0.717, 1.165) is 5.56 Å². The van der Waals surface area contributed by atoms with Crippen molar-refractivity contribution >= 4 is 11.6 Å². The lowest BCUT2D eigenvalue weighted by atomic mass is 9.78. The van der Waals surface area contributed by atoms with Crippen LogP contribution < -0.4 is 0 Å². The zero-order valence-electron chi connectivity index (χ0n) is 15.1. The van der Waals surface area contributed by atoms with Crippen LogP contribution in [0.3, 0.4) is 0 Å². The highest BCUT2D eigenvalue weighted by molar-refractivity contribution is 5.81. The van der Waals surface area contributed by atoms with Gasteiger partial charge in [0.15, 0.2) is 0 Å². The Morgan fingerprint density at radius 2 is 1.50 bits per heavy atom. The number of hydrogen-bond acceptors (Lipinski definition) is 2. The van der Waals surface area contributed by atoms with Crippen molar-refractivity contribution < 1.29 is 10.2 Å². The molecule has 1 atom stereocenters. The second kappa shape index (κ2) is 5.49. The van der Waals surface area contributed by atoms with Crippen LogP contribution >= 0.6 is 0 Å². The summed E-state index contributed by atoms with van der Waals surface area (Å²) in [5, 5.41) is 20.2. The number of aromatic hydroxyl groups is 1. The molecule has 0 aromatic heterocycles. The van der Waals surface area contributed by atoms with E-state index in [1.165, 1.54) is 22.3 Å². The molecule has 1 aliphatic rings. The van der Waals surface area contributed by atoms with Crippen molar-refractivity contribution in [2.45, 2.75) is 51.6 Å². The summed E-state index contributed by atoms with van der Waals surface area (Å²) in [6.45, 7) is 10.6. The van der Waals surface area contributed by atoms with Gasteiger partial charge in [-0.2, -0.15) is 0 Å². The molecular formula is C22H26O2. The molecule has 2 N–H and O–H groups in total. The van der Waals surface area contributed by atoms with Crippen LogP contribution in [0.2, 0.25) is 0 Å². The minimum absolute atomic E-state index is 0.230. The monoisotopic (exact) mass is 322 g/mol. The Labute approximate surface area is 144 Å². The fourth-order valence-electron chi connectivity index (χ4n) is 3.99. The highest BCUT2D eigenvalue weighted by Gasteiger charge is 2.50. The SMILES string of the molecule is CC(=Cc1ccc(O)cc1)c1ccc2c(c1)C(C)(C)C(O)C2(C)C. The van der Waals surface area contributed by atoms with E-state index in [1.54, 1.807) is 12.1 Å². The third kappa shape index (κ3) is 2.55.